The first-order valence-corrected chi connectivity index (χ1v) is 8.03. The number of pyridine rings is 1. The Morgan fingerprint density at radius 1 is 1.40 bits per heavy atom. The second kappa shape index (κ2) is 7.07. The standard InChI is InChI=1S/C17H29N3/c1-5-19(4)17-15(9-8-11-18-17)16-10-6-7-12-20(16)13-14(2)3/h8-9,11,14,16H,5-7,10,12-13H2,1-4H3/t16-/m0/s1. The van der Waals surface area contributed by atoms with Crippen LogP contribution < -0.4 is 4.90 Å². The fraction of sp³-hybridized carbons (Fsp3) is 0.706. The van der Waals surface area contributed by atoms with Gasteiger partial charge in [-0.1, -0.05) is 26.3 Å². The van der Waals surface area contributed by atoms with Crippen LogP contribution in [0.3, 0.4) is 0 Å². The van der Waals surface area contributed by atoms with E-state index < -0.39 is 0 Å². The summed E-state index contributed by atoms with van der Waals surface area (Å²) in [7, 11) is 2.14. The Kier molecular flexibility index (Phi) is 5.41. The highest BCUT2D eigenvalue weighted by Crippen LogP contribution is 2.35. The van der Waals surface area contributed by atoms with Crippen LogP contribution in [0.4, 0.5) is 5.82 Å². The molecule has 1 aliphatic heterocycles. The molecule has 1 atom stereocenters. The zero-order valence-electron chi connectivity index (χ0n) is 13.5. The van der Waals surface area contributed by atoms with Crippen molar-refractivity contribution >= 4 is 5.82 Å². The second-order valence-corrected chi connectivity index (χ2v) is 6.33. The predicted molar refractivity (Wildman–Crippen MR) is 86.2 cm³/mol. The average molecular weight is 275 g/mol. The van der Waals surface area contributed by atoms with Crippen molar-refractivity contribution in [1.82, 2.24) is 9.88 Å². The van der Waals surface area contributed by atoms with Crippen LogP contribution >= 0.6 is 0 Å². The summed E-state index contributed by atoms with van der Waals surface area (Å²) < 4.78 is 0. The minimum Gasteiger partial charge on any atom is -0.360 e. The molecule has 20 heavy (non-hydrogen) atoms. The molecule has 0 N–H and O–H groups in total. The largest absolute Gasteiger partial charge is 0.360 e. The van der Waals surface area contributed by atoms with Gasteiger partial charge in [-0.05, 0) is 38.3 Å². The van der Waals surface area contributed by atoms with Gasteiger partial charge < -0.3 is 4.90 Å². The molecule has 0 saturated carbocycles. The van der Waals surface area contributed by atoms with Crippen molar-refractivity contribution in [3.8, 4) is 0 Å². The van der Waals surface area contributed by atoms with Crippen LogP contribution in [0.15, 0.2) is 18.3 Å². The number of nitrogens with zero attached hydrogens (tertiary/aromatic N) is 3. The summed E-state index contributed by atoms with van der Waals surface area (Å²) in [4.78, 5) is 9.56. The van der Waals surface area contributed by atoms with Crippen LogP contribution in [0.5, 0.6) is 0 Å². The Labute approximate surface area is 124 Å². The molecule has 0 unspecified atom stereocenters. The smallest absolute Gasteiger partial charge is 0.133 e. The van der Waals surface area contributed by atoms with Crippen LogP contribution in [0.1, 0.15) is 51.6 Å². The summed E-state index contributed by atoms with van der Waals surface area (Å²) in [6.45, 7) is 10.2. The van der Waals surface area contributed by atoms with Crippen molar-refractivity contribution in [2.45, 2.75) is 46.1 Å². The number of aromatic nitrogens is 1. The van der Waals surface area contributed by atoms with Crippen LogP contribution in [0.25, 0.3) is 0 Å². The van der Waals surface area contributed by atoms with E-state index in [1.54, 1.807) is 0 Å². The van der Waals surface area contributed by atoms with Crippen molar-refractivity contribution in [2.75, 3.05) is 31.6 Å². The molecule has 1 aromatic heterocycles. The van der Waals surface area contributed by atoms with E-state index in [2.05, 4.69) is 54.7 Å². The van der Waals surface area contributed by atoms with Gasteiger partial charge in [0.2, 0.25) is 0 Å². The van der Waals surface area contributed by atoms with Gasteiger partial charge in [-0.2, -0.15) is 0 Å². The molecule has 1 aliphatic rings. The molecule has 112 valence electrons. The molecule has 2 heterocycles. The zero-order valence-corrected chi connectivity index (χ0v) is 13.5. The summed E-state index contributed by atoms with van der Waals surface area (Å²) in [5, 5.41) is 0. The molecule has 1 fully saturated rings. The van der Waals surface area contributed by atoms with E-state index in [4.69, 9.17) is 0 Å². The maximum Gasteiger partial charge on any atom is 0.133 e. The van der Waals surface area contributed by atoms with Crippen molar-refractivity contribution < 1.29 is 0 Å². The highest BCUT2D eigenvalue weighted by Gasteiger charge is 2.27. The number of hydrogen-bond acceptors (Lipinski definition) is 3. The maximum absolute atomic E-state index is 4.64. The van der Waals surface area contributed by atoms with Crippen LogP contribution in [-0.4, -0.2) is 36.6 Å². The summed E-state index contributed by atoms with van der Waals surface area (Å²) >= 11 is 0. The van der Waals surface area contributed by atoms with Crippen LogP contribution in [0, 0.1) is 5.92 Å². The highest BCUT2D eigenvalue weighted by atomic mass is 15.2. The third-order valence-electron chi connectivity index (χ3n) is 4.23. The van der Waals surface area contributed by atoms with E-state index in [-0.39, 0.29) is 0 Å². The maximum atomic E-state index is 4.64. The van der Waals surface area contributed by atoms with Gasteiger partial charge in [0.1, 0.15) is 5.82 Å². The molecular formula is C17H29N3. The first-order chi connectivity index (χ1) is 9.63. The number of rotatable bonds is 5. The number of hydrogen-bond donors (Lipinski definition) is 0. The Morgan fingerprint density at radius 3 is 2.90 bits per heavy atom. The average Bonchev–Trinajstić information content (AvgIpc) is 2.46. The lowest BCUT2D eigenvalue weighted by atomic mass is 9.94. The van der Waals surface area contributed by atoms with Gasteiger partial charge in [0.25, 0.3) is 0 Å². The van der Waals surface area contributed by atoms with E-state index in [0.717, 1.165) is 18.3 Å². The topological polar surface area (TPSA) is 19.4 Å². The molecule has 0 aromatic carbocycles. The van der Waals surface area contributed by atoms with E-state index in [0.29, 0.717) is 6.04 Å². The van der Waals surface area contributed by atoms with Crippen molar-refractivity contribution in [3.05, 3.63) is 23.9 Å². The Morgan fingerprint density at radius 2 is 2.20 bits per heavy atom. The van der Waals surface area contributed by atoms with Gasteiger partial charge in [0, 0.05) is 37.9 Å². The molecule has 1 saturated heterocycles. The third kappa shape index (κ3) is 3.51. The molecule has 3 nitrogen and oxygen atoms in total. The lowest BCUT2D eigenvalue weighted by molar-refractivity contribution is 0.132. The van der Waals surface area contributed by atoms with E-state index >= 15 is 0 Å². The quantitative estimate of drug-likeness (QED) is 0.816. The first-order valence-electron chi connectivity index (χ1n) is 8.03. The normalized spacial score (nSPS) is 20.4. The van der Waals surface area contributed by atoms with Gasteiger partial charge in [-0.3, -0.25) is 4.90 Å². The van der Waals surface area contributed by atoms with Gasteiger partial charge >= 0.3 is 0 Å². The van der Waals surface area contributed by atoms with E-state index in [1.165, 1.54) is 37.9 Å². The lowest BCUT2D eigenvalue weighted by Gasteiger charge is -2.38. The van der Waals surface area contributed by atoms with Crippen LogP contribution in [0.2, 0.25) is 0 Å². The molecule has 2 rings (SSSR count). The summed E-state index contributed by atoms with van der Waals surface area (Å²) in [6, 6.07) is 4.91. The van der Waals surface area contributed by atoms with Crippen molar-refractivity contribution in [1.29, 1.82) is 0 Å². The second-order valence-electron chi connectivity index (χ2n) is 6.33. The first kappa shape index (κ1) is 15.3. The van der Waals surface area contributed by atoms with E-state index in [9.17, 15) is 0 Å². The van der Waals surface area contributed by atoms with Gasteiger partial charge in [-0.25, -0.2) is 4.98 Å². The van der Waals surface area contributed by atoms with Crippen LogP contribution in [-0.2, 0) is 0 Å². The Hall–Kier alpha value is -1.09. The SMILES string of the molecule is CCN(C)c1ncccc1[C@@H]1CCCCN1CC(C)C. The summed E-state index contributed by atoms with van der Waals surface area (Å²) in [5.41, 5.74) is 1.41. The predicted octanol–water partition coefficient (Wildman–Crippen LogP) is 3.72. The third-order valence-corrected chi connectivity index (χ3v) is 4.23. The fourth-order valence-electron chi connectivity index (χ4n) is 3.17. The summed E-state index contributed by atoms with van der Waals surface area (Å²) in [6.07, 6.45) is 5.86. The molecular weight excluding hydrogens is 246 g/mol. The zero-order chi connectivity index (χ0) is 14.5. The molecule has 3 heteroatoms. The minimum absolute atomic E-state index is 0.545. The molecule has 1 aromatic rings. The monoisotopic (exact) mass is 275 g/mol. The number of piperidine rings is 1. The van der Waals surface area contributed by atoms with Crippen molar-refractivity contribution in [2.24, 2.45) is 5.92 Å². The Balaban J connectivity index is 2.27. The lowest BCUT2D eigenvalue weighted by Crippen LogP contribution is -2.37. The van der Waals surface area contributed by atoms with E-state index in [1.807, 2.05) is 6.20 Å². The fourth-order valence-corrected chi connectivity index (χ4v) is 3.17. The van der Waals surface area contributed by atoms with Gasteiger partial charge in [0.05, 0.1) is 0 Å². The Bertz CT molecular complexity index is 416. The number of anilines is 1. The number of likely N-dealkylation sites (tertiary alicyclic amines) is 1. The van der Waals surface area contributed by atoms with Crippen molar-refractivity contribution in [3.63, 3.8) is 0 Å². The minimum atomic E-state index is 0.545. The molecule has 0 radical (unpaired) electrons. The molecule has 0 amide bonds. The highest BCUT2D eigenvalue weighted by molar-refractivity contribution is 5.47. The molecule has 0 bridgehead atoms. The molecule has 0 aliphatic carbocycles. The molecule has 0 spiro atoms. The van der Waals surface area contributed by atoms with Gasteiger partial charge in [0.15, 0.2) is 0 Å². The summed E-state index contributed by atoms with van der Waals surface area (Å²) in [5.74, 6) is 1.88. The van der Waals surface area contributed by atoms with Gasteiger partial charge in [-0.15, -0.1) is 0 Å².